The van der Waals surface area contributed by atoms with Gasteiger partial charge in [-0.1, -0.05) is 0 Å². The molecule has 0 heterocycles. The topological polar surface area (TPSA) is 9.72 Å². The number of nitrogens with zero attached hydrogens (tertiary/aromatic N) is 3. The molecule has 11 heavy (non-hydrogen) atoms. The molecule has 0 aliphatic rings. The monoisotopic (exact) mass is 199 g/mol. The van der Waals surface area contributed by atoms with Gasteiger partial charge in [-0.15, -0.1) is 0 Å². The van der Waals surface area contributed by atoms with Gasteiger partial charge < -0.3 is 0 Å². The molecule has 0 aromatic rings. The first kappa shape index (κ1) is 11.6. The van der Waals surface area contributed by atoms with Crippen LogP contribution in [-0.2, 0) is 0 Å². The van der Waals surface area contributed by atoms with E-state index in [1.54, 1.807) is 0 Å². The van der Waals surface area contributed by atoms with E-state index in [0.29, 0.717) is 0 Å². The predicted octanol–water partition coefficient (Wildman–Crippen LogP) is 1.32. The Morgan fingerprint density at radius 1 is 0.727 bits per heavy atom. The van der Waals surface area contributed by atoms with E-state index in [9.17, 15) is 0 Å². The SMILES string of the molecule is CN(C)[PH](Cl)(N(C)C)N(C)C. The van der Waals surface area contributed by atoms with Crippen LogP contribution in [0.4, 0.5) is 0 Å². The Morgan fingerprint density at radius 2 is 0.909 bits per heavy atom. The van der Waals surface area contributed by atoms with Crippen LogP contribution < -0.4 is 0 Å². The van der Waals surface area contributed by atoms with Crippen LogP contribution in [-0.4, -0.2) is 56.3 Å². The first-order valence-corrected chi connectivity index (χ1v) is 6.40. The summed E-state index contributed by atoms with van der Waals surface area (Å²) in [7, 11) is 10.1. The van der Waals surface area contributed by atoms with Crippen LogP contribution in [0, 0.1) is 0 Å². The summed E-state index contributed by atoms with van der Waals surface area (Å²) < 4.78 is 6.28. The van der Waals surface area contributed by atoms with Gasteiger partial charge in [0.1, 0.15) is 0 Å². The van der Waals surface area contributed by atoms with E-state index in [1.807, 2.05) is 42.3 Å². The van der Waals surface area contributed by atoms with E-state index < -0.39 is 7.07 Å². The molecule has 0 radical (unpaired) electrons. The fourth-order valence-corrected chi connectivity index (χ4v) is 3.60. The van der Waals surface area contributed by atoms with Gasteiger partial charge in [-0.2, -0.15) is 0 Å². The molecule has 0 unspecified atom stereocenters. The molecule has 0 atom stereocenters. The Bertz CT molecular complexity index is 105. The summed E-state index contributed by atoms with van der Waals surface area (Å²) >= 11 is 6.46. The van der Waals surface area contributed by atoms with Gasteiger partial charge in [0.15, 0.2) is 0 Å². The van der Waals surface area contributed by atoms with Crippen molar-refractivity contribution in [1.82, 2.24) is 14.0 Å². The Balaban J connectivity index is 4.53. The molecule has 0 bridgehead atoms. The molecule has 0 aromatic carbocycles. The second kappa shape index (κ2) is 4.01. The van der Waals surface area contributed by atoms with Crippen molar-refractivity contribution in [3.8, 4) is 0 Å². The molecular weight excluding hydrogens is 181 g/mol. The average molecular weight is 200 g/mol. The van der Waals surface area contributed by atoms with Crippen LogP contribution in [0.25, 0.3) is 0 Å². The fourth-order valence-electron chi connectivity index (χ4n) is 1.20. The van der Waals surface area contributed by atoms with E-state index in [-0.39, 0.29) is 0 Å². The molecule has 0 saturated heterocycles. The van der Waals surface area contributed by atoms with Crippen molar-refractivity contribution in [2.45, 2.75) is 0 Å². The van der Waals surface area contributed by atoms with Crippen molar-refractivity contribution in [3.05, 3.63) is 0 Å². The minimum atomic E-state index is -2.01. The summed E-state index contributed by atoms with van der Waals surface area (Å²) in [5.41, 5.74) is 0. The van der Waals surface area contributed by atoms with E-state index in [1.165, 1.54) is 0 Å². The number of hydrogen-bond donors (Lipinski definition) is 0. The summed E-state index contributed by atoms with van der Waals surface area (Å²) in [6.45, 7) is 0. The summed E-state index contributed by atoms with van der Waals surface area (Å²) in [6.07, 6.45) is 0. The van der Waals surface area contributed by atoms with Gasteiger partial charge in [0.25, 0.3) is 0 Å². The first-order valence-electron chi connectivity index (χ1n) is 3.54. The Labute approximate surface area is 75.2 Å². The standard InChI is InChI=1S/C6H19ClN3P/c1-8(2)11(7,9(3)4)10(5)6/h11H,1-6H3. The number of hydrogen-bond acceptors (Lipinski definition) is 3. The van der Waals surface area contributed by atoms with Crippen LogP contribution in [0.1, 0.15) is 0 Å². The molecule has 0 aromatic heterocycles. The molecule has 0 spiro atoms. The van der Waals surface area contributed by atoms with E-state index in [2.05, 4.69) is 14.0 Å². The molecule has 0 aliphatic carbocycles. The zero-order chi connectivity index (χ0) is 9.23. The molecule has 3 nitrogen and oxygen atoms in total. The summed E-state index contributed by atoms with van der Waals surface area (Å²) in [6, 6.07) is 0. The molecule has 0 amide bonds. The van der Waals surface area contributed by atoms with E-state index in [0.717, 1.165) is 0 Å². The quantitative estimate of drug-likeness (QED) is 0.635. The van der Waals surface area contributed by atoms with Crippen molar-refractivity contribution in [3.63, 3.8) is 0 Å². The van der Waals surface area contributed by atoms with Crippen molar-refractivity contribution in [1.29, 1.82) is 0 Å². The van der Waals surface area contributed by atoms with Crippen LogP contribution in [0.15, 0.2) is 0 Å². The van der Waals surface area contributed by atoms with Gasteiger partial charge in [0.2, 0.25) is 0 Å². The van der Waals surface area contributed by atoms with Crippen molar-refractivity contribution in [2.75, 3.05) is 42.3 Å². The van der Waals surface area contributed by atoms with Crippen LogP contribution in [0.2, 0.25) is 0 Å². The van der Waals surface area contributed by atoms with Crippen LogP contribution >= 0.6 is 18.3 Å². The second-order valence-electron chi connectivity index (χ2n) is 3.24. The molecule has 0 saturated carbocycles. The average Bonchev–Trinajstić information content (AvgIpc) is 1.84. The van der Waals surface area contributed by atoms with Gasteiger partial charge in [0.05, 0.1) is 0 Å². The molecular formula is C6H19ClN3P. The summed E-state index contributed by atoms with van der Waals surface area (Å²) in [5.74, 6) is 0. The second-order valence-corrected chi connectivity index (χ2v) is 8.55. The fraction of sp³-hybridized carbons (Fsp3) is 1.00. The zero-order valence-electron chi connectivity index (χ0n) is 8.22. The predicted molar refractivity (Wildman–Crippen MR) is 55.2 cm³/mol. The normalized spacial score (nSPS) is 15.1. The molecule has 0 aliphatic heterocycles. The molecule has 0 N–H and O–H groups in total. The Hall–Kier alpha value is 0.600. The van der Waals surface area contributed by atoms with Gasteiger partial charge in [0, 0.05) is 0 Å². The third-order valence-corrected chi connectivity index (χ3v) is 8.16. The third-order valence-electron chi connectivity index (χ3n) is 1.71. The van der Waals surface area contributed by atoms with Gasteiger partial charge in [-0.25, -0.2) is 0 Å². The van der Waals surface area contributed by atoms with Crippen molar-refractivity contribution < 1.29 is 0 Å². The maximum atomic E-state index is 6.46. The zero-order valence-corrected chi connectivity index (χ0v) is 9.98. The summed E-state index contributed by atoms with van der Waals surface area (Å²) in [4.78, 5) is 0. The Morgan fingerprint density at radius 3 is 0.909 bits per heavy atom. The van der Waals surface area contributed by atoms with Gasteiger partial charge in [-0.3, -0.25) is 0 Å². The Kier molecular flexibility index (Phi) is 4.23. The molecule has 0 rings (SSSR count). The first-order chi connectivity index (χ1) is 4.83. The number of halogens is 1. The van der Waals surface area contributed by atoms with Crippen molar-refractivity contribution >= 4 is 18.3 Å². The van der Waals surface area contributed by atoms with Gasteiger partial charge >= 0.3 is 74.6 Å². The maximum absolute atomic E-state index is 6.46. The van der Waals surface area contributed by atoms with Crippen LogP contribution in [0.3, 0.4) is 0 Å². The number of rotatable bonds is 3. The minimum absolute atomic E-state index is 2.01. The van der Waals surface area contributed by atoms with Crippen molar-refractivity contribution in [2.24, 2.45) is 0 Å². The van der Waals surface area contributed by atoms with Gasteiger partial charge in [-0.05, 0) is 0 Å². The third kappa shape index (κ3) is 2.27. The molecule has 70 valence electrons. The molecule has 5 heteroatoms. The molecule has 0 fully saturated rings. The van der Waals surface area contributed by atoms with E-state index >= 15 is 0 Å². The van der Waals surface area contributed by atoms with E-state index in [4.69, 9.17) is 11.2 Å². The van der Waals surface area contributed by atoms with Crippen LogP contribution in [0.5, 0.6) is 0 Å². The summed E-state index contributed by atoms with van der Waals surface area (Å²) in [5, 5.41) is 0.